The largest absolute Gasteiger partial charge is 0.447 e. The van der Waals surface area contributed by atoms with Gasteiger partial charge >= 0.3 is 6.09 Å². The Balaban J connectivity index is 1.62. The van der Waals surface area contributed by atoms with Crippen molar-refractivity contribution in [3.63, 3.8) is 0 Å². The minimum absolute atomic E-state index is 0.0289. The number of nitrogens with one attached hydrogen (secondary N) is 2. The number of hydrogen-bond acceptors (Lipinski definition) is 9. The van der Waals surface area contributed by atoms with Crippen molar-refractivity contribution in [3.05, 3.63) is 52.1 Å². The molecule has 1 aliphatic heterocycles. The number of ketones is 1. The molecule has 1 aromatic heterocycles. The number of hydrogen-bond donors (Lipinski definition) is 2. The molecule has 0 saturated heterocycles. The fourth-order valence-corrected chi connectivity index (χ4v) is 5.14. The first-order valence-corrected chi connectivity index (χ1v) is 16.1. The Labute approximate surface area is 275 Å². The second-order valence-corrected chi connectivity index (χ2v) is 11.0. The highest BCUT2D eigenvalue weighted by atomic mass is 19.1. The number of carbonyl (C=O) groups excluding carboxylic acids is 4. The van der Waals surface area contributed by atoms with Crippen molar-refractivity contribution < 1.29 is 42.5 Å². The zero-order valence-corrected chi connectivity index (χ0v) is 28.0. The zero-order chi connectivity index (χ0) is 34.3. The van der Waals surface area contributed by atoms with Crippen LogP contribution in [0.2, 0.25) is 0 Å². The van der Waals surface area contributed by atoms with E-state index in [9.17, 15) is 23.6 Å². The summed E-state index contributed by atoms with van der Waals surface area (Å²) in [4.78, 5) is 58.0. The topological polar surface area (TPSA) is 139 Å². The summed E-state index contributed by atoms with van der Waals surface area (Å²) in [7, 11) is 0. The minimum Gasteiger partial charge on any atom is -0.447 e. The number of aromatic amines is 1. The normalized spacial score (nSPS) is 13.3. The second-order valence-electron chi connectivity index (χ2n) is 11.0. The van der Waals surface area contributed by atoms with Crippen molar-refractivity contribution >= 4 is 41.0 Å². The smallest absolute Gasteiger partial charge is 0.416 e. The standard InChI is InChI=1S/C34H47FN4O8/c1-6-38(7-2)13-14-39(34(43)47-19-18-45-15-9-10-26(40)22-46-17-16-44-8-3)33(42)31-23(4)30(36-24(31)5)21-28-27-20-25(35)11-12-29(27)37-32(28)41/h11-12,20-21,36H,6-10,13-19,22H2,1-5H3,(H,37,41)/b28-21-. The first-order chi connectivity index (χ1) is 22.6. The van der Waals surface area contributed by atoms with E-state index in [4.69, 9.17) is 18.9 Å². The Hall–Kier alpha value is -3.91. The van der Waals surface area contributed by atoms with Crippen molar-refractivity contribution in [2.45, 2.75) is 47.5 Å². The Morgan fingerprint density at radius 3 is 2.38 bits per heavy atom. The number of rotatable bonds is 20. The first-order valence-electron chi connectivity index (χ1n) is 16.1. The quantitative estimate of drug-likeness (QED) is 0.154. The molecule has 0 spiro atoms. The van der Waals surface area contributed by atoms with Gasteiger partial charge in [0.05, 0.1) is 31.0 Å². The molecule has 2 N–H and O–H groups in total. The molecule has 0 saturated carbocycles. The van der Waals surface area contributed by atoms with Crippen LogP contribution >= 0.6 is 0 Å². The van der Waals surface area contributed by atoms with E-state index >= 15 is 0 Å². The van der Waals surface area contributed by atoms with Gasteiger partial charge < -0.3 is 34.1 Å². The number of imide groups is 1. The average Bonchev–Trinajstić information content (AvgIpc) is 3.51. The van der Waals surface area contributed by atoms with Crippen LogP contribution in [-0.2, 0) is 28.5 Å². The average molecular weight is 659 g/mol. The minimum atomic E-state index is -0.801. The number of H-pyrrole nitrogens is 1. The van der Waals surface area contributed by atoms with Gasteiger partial charge in [-0.2, -0.15) is 0 Å². The summed E-state index contributed by atoms with van der Waals surface area (Å²) in [5.74, 6) is -1.42. The maximum Gasteiger partial charge on any atom is 0.416 e. The number of aromatic nitrogens is 1. The molecule has 0 radical (unpaired) electrons. The predicted octanol–water partition coefficient (Wildman–Crippen LogP) is 4.60. The van der Waals surface area contributed by atoms with Gasteiger partial charge in [0.1, 0.15) is 19.0 Å². The summed E-state index contributed by atoms with van der Waals surface area (Å²) >= 11 is 0. The van der Waals surface area contributed by atoms with Crippen molar-refractivity contribution in [3.8, 4) is 0 Å². The van der Waals surface area contributed by atoms with E-state index < -0.39 is 17.8 Å². The molecular formula is C34H47FN4O8. The van der Waals surface area contributed by atoms with Crippen LogP contribution in [0, 0.1) is 19.7 Å². The molecule has 0 bridgehead atoms. The molecule has 258 valence electrons. The highest BCUT2D eigenvalue weighted by molar-refractivity contribution is 6.35. The number of fused-ring (bicyclic) bond motifs is 1. The molecular weight excluding hydrogens is 611 g/mol. The molecule has 0 unspecified atom stereocenters. The maximum absolute atomic E-state index is 14.0. The van der Waals surface area contributed by atoms with Crippen molar-refractivity contribution in [1.82, 2.24) is 14.8 Å². The molecule has 47 heavy (non-hydrogen) atoms. The number of Topliss-reactive ketones (excluding diaryl/α,β-unsaturated/α-hetero) is 1. The summed E-state index contributed by atoms with van der Waals surface area (Å²) in [6.07, 6.45) is 1.59. The van der Waals surface area contributed by atoms with E-state index in [1.54, 1.807) is 19.9 Å². The SMILES string of the molecule is CCOCCOCC(=O)CCCOCCOC(=O)N(CCN(CC)CC)C(=O)c1c(C)[nH]c(/C=C2\C(=O)Nc3ccc(F)cc32)c1C. The summed E-state index contributed by atoms with van der Waals surface area (Å²) in [5, 5.41) is 2.72. The second kappa shape index (κ2) is 19.0. The molecule has 0 aliphatic carbocycles. The zero-order valence-electron chi connectivity index (χ0n) is 28.0. The number of ether oxygens (including phenoxy) is 4. The highest BCUT2D eigenvalue weighted by Crippen LogP contribution is 2.34. The molecule has 3 amide bonds. The van der Waals surface area contributed by atoms with Gasteiger partial charge in [-0.3, -0.25) is 14.4 Å². The third-order valence-corrected chi connectivity index (χ3v) is 7.78. The lowest BCUT2D eigenvalue weighted by Crippen LogP contribution is -2.43. The Morgan fingerprint density at radius 2 is 1.66 bits per heavy atom. The van der Waals surface area contributed by atoms with E-state index in [0.29, 0.717) is 74.0 Å². The summed E-state index contributed by atoms with van der Waals surface area (Å²) in [6.45, 7) is 13.2. The van der Waals surface area contributed by atoms with E-state index in [0.717, 1.165) is 18.0 Å². The number of nitrogens with zero attached hydrogens (tertiary/aromatic N) is 2. The lowest BCUT2D eigenvalue weighted by atomic mass is 10.0. The Morgan fingerprint density at radius 1 is 0.936 bits per heavy atom. The van der Waals surface area contributed by atoms with Crippen LogP contribution in [-0.4, -0.2) is 111 Å². The molecule has 0 atom stereocenters. The Kier molecular flexibility index (Phi) is 15.2. The van der Waals surface area contributed by atoms with Crippen LogP contribution in [0.1, 0.15) is 66.5 Å². The van der Waals surface area contributed by atoms with Crippen LogP contribution < -0.4 is 5.32 Å². The lowest BCUT2D eigenvalue weighted by molar-refractivity contribution is -0.124. The van der Waals surface area contributed by atoms with E-state index in [1.807, 2.05) is 20.8 Å². The van der Waals surface area contributed by atoms with Gasteiger partial charge in [-0.15, -0.1) is 0 Å². The van der Waals surface area contributed by atoms with Gasteiger partial charge in [0.15, 0.2) is 5.78 Å². The number of halogens is 1. The van der Waals surface area contributed by atoms with E-state index in [2.05, 4.69) is 15.2 Å². The van der Waals surface area contributed by atoms with Gasteiger partial charge in [-0.05, 0) is 70.1 Å². The van der Waals surface area contributed by atoms with Gasteiger partial charge in [0.2, 0.25) is 0 Å². The Bertz CT molecular complexity index is 1420. The van der Waals surface area contributed by atoms with Gasteiger partial charge in [-0.25, -0.2) is 14.1 Å². The molecule has 0 fully saturated rings. The monoisotopic (exact) mass is 658 g/mol. The third-order valence-electron chi connectivity index (χ3n) is 7.78. The molecule has 1 aromatic carbocycles. The van der Waals surface area contributed by atoms with Crippen molar-refractivity contribution in [2.24, 2.45) is 0 Å². The number of aryl methyl sites for hydroxylation is 1. The van der Waals surface area contributed by atoms with Gasteiger partial charge in [0.25, 0.3) is 11.8 Å². The number of anilines is 1. The number of carbonyl (C=O) groups is 4. The van der Waals surface area contributed by atoms with Crippen LogP contribution in [0.5, 0.6) is 0 Å². The fraction of sp³-hybridized carbons (Fsp3) is 0.529. The van der Waals surface area contributed by atoms with Crippen LogP contribution in [0.25, 0.3) is 11.6 Å². The number of amides is 3. The van der Waals surface area contributed by atoms with Crippen molar-refractivity contribution in [2.75, 3.05) is 77.7 Å². The van der Waals surface area contributed by atoms with Gasteiger partial charge in [-0.1, -0.05) is 13.8 Å². The highest BCUT2D eigenvalue weighted by Gasteiger charge is 2.30. The fourth-order valence-electron chi connectivity index (χ4n) is 5.14. The van der Waals surface area contributed by atoms with Crippen LogP contribution in [0.15, 0.2) is 18.2 Å². The summed E-state index contributed by atoms with van der Waals surface area (Å²) in [6, 6.07) is 4.06. The van der Waals surface area contributed by atoms with Crippen LogP contribution in [0.4, 0.5) is 14.9 Å². The molecule has 1 aliphatic rings. The first kappa shape index (κ1) is 37.5. The molecule has 13 heteroatoms. The van der Waals surface area contributed by atoms with E-state index in [1.165, 1.54) is 18.2 Å². The summed E-state index contributed by atoms with van der Waals surface area (Å²) < 4.78 is 35.3. The van der Waals surface area contributed by atoms with Crippen molar-refractivity contribution in [1.29, 1.82) is 0 Å². The molecule has 12 nitrogen and oxygen atoms in total. The number of benzene rings is 1. The predicted molar refractivity (Wildman–Crippen MR) is 176 cm³/mol. The van der Waals surface area contributed by atoms with E-state index in [-0.39, 0.29) is 49.2 Å². The summed E-state index contributed by atoms with van der Waals surface area (Å²) in [5.41, 5.74) is 3.02. The lowest BCUT2D eigenvalue weighted by Gasteiger charge is -2.25. The molecule has 2 aromatic rings. The number of likely N-dealkylation sites (N-methyl/N-ethyl adjacent to an activating group) is 1. The third kappa shape index (κ3) is 10.8. The molecule has 3 rings (SSSR count). The van der Waals surface area contributed by atoms with Crippen LogP contribution in [0.3, 0.4) is 0 Å². The van der Waals surface area contributed by atoms with Gasteiger partial charge in [0, 0.05) is 55.4 Å². The molecule has 2 heterocycles. The maximum atomic E-state index is 14.0.